The predicted octanol–water partition coefficient (Wildman–Crippen LogP) is 13.3. The molecule has 4 aromatic carbocycles. The van der Waals surface area contributed by atoms with Crippen molar-refractivity contribution in [2.24, 2.45) is 0 Å². The summed E-state index contributed by atoms with van der Waals surface area (Å²) in [4.78, 5) is 3.96. The normalized spacial score (nSPS) is 12.4. The van der Waals surface area contributed by atoms with E-state index in [1.54, 1.807) is 32.6 Å². The van der Waals surface area contributed by atoms with Crippen LogP contribution >= 0.6 is 38.6 Å². The molecule has 0 radical (unpaired) electrons. The summed E-state index contributed by atoms with van der Waals surface area (Å²) < 4.78 is 166. The van der Waals surface area contributed by atoms with Gasteiger partial charge in [-0.25, -0.2) is 30.6 Å². The molecule has 0 aliphatic heterocycles. The minimum absolute atomic E-state index is 0.0533. The van der Waals surface area contributed by atoms with E-state index >= 15 is 0 Å². The number of hydrogen-bond acceptors (Lipinski definition) is 7. The highest BCUT2D eigenvalue weighted by Gasteiger charge is 2.36. The van der Waals surface area contributed by atoms with Gasteiger partial charge in [-0.1, -0.05) is 64.5 Å². The average Bonchev–Trinajstić information content (AvgIpc) is 3.99. The SMILES string of the molecule is Cc1c(N(Cc2ccc(F)c(C(F)(F)F)c2)S(=O)(=O)CCCCBr)sc2ccccc12.Cc1c(N(Cc2ccc(F)c(C(F)(F)F)c2)S(=O)(=O)CCCCn2ccnc2)sc2ccccc12. The molecular formula is C45H43BrF8N4O4S4. The van der Waals surface area contributed by atoms with Crippen LogP contribution in [0.2, 0.25) is 0 Å². The van der Waals surface area contributed by atoms with Crippen LogP contribution in [0.4, 0.5) is 45.1 Å². The number of halogens is 9. The van der Waals surface area contributed by atoms with Crippen molar-refractivity contribution < 1.29 is 52.0 Å². The van der Waals surface area contributed by atoms with Gasteiger partial charge in [0.2, 0.25) is 20.0 Å². The van der Waals surface area contributed by atoms with E-state index in [1.165, 1.54) is 34.8 Å². The van der Waals surface area contributed by atoms with Crippen molar-refractivity contribution in [2.45, 2.75) is 71.5 Å². The number of imidazole rings is 1. The first-order valence-electron chi connectivity index (χ1n) is 20.3. The number of benzene rings is 4. The van der Waals surface area contributed by atoms with Gasteiger partial charge in [0.15, 0.2) is 0 Å². The van der Waals surface area contributed by atoms with Gasteiger partial charge in [-0.2, -0.15) is 26.3 Å². The third kappa shape index (κ3) is 12.3. The van der Waals surface area contributed by atoms with Crippen molar-refractivity contribution in [1.82, 2.24) is 9.55 Å². The highest BCUT2D eigenvalue weighted by Crippen LogP contribution is 2.42. The molecule has 0 saturated heterocycles. The van der Waals surface area contributed by atoms with E-state index in [4.69, 9.17) is 0 Å². The number of hydrogen-bond donors (Lipinski definition) is 0. The number of alkyl halides is 7. The molecule has 0 N–H and O–H groups in total. The van der Waals surface area contributed by atoms with Crippen LogP contribution in [0.3, 0.4) is 0 Å². The number of nitrogens with zero attached hydrogens (tertiary/aromatic N) is 4. The molecule has 66 heavy (non-hydrogen) atoms. The van der Waals surface area contributed by atoms with Crippen LogP contribution in [-0.2, 0) is 52.0 Å². The molecule has 8 nitrogen and oxygen atoms in total. The second-order valence-electron chi connectivity index (χ2n) is 15.2. The molecule has 3 heterocycles. The Labute approximate surface area is 393 Å². The number of anilines is 2. The van der Waals surface area contributed by atoms with Gasteiger partial charge in [-0.05, 0) is 109 Å². The number of rotatable bonds is 17. The quantitative estimate of drug-likeness (QED) is 0.0515. The van der Waals surface area contributed by atoms with E-state index in [0.29, 0.717) is 59.7 Å². The number of unbranched alkanes of at least 4 members (excludes halogenated alkanes) is 2. The summed E-state index contributed by atoms with van der Waals surface area (Å²) in [5.74, 6) is -3.10. The van der Waals surface area contributed by atoms with E-state index in [1.807, 2.05) is 53.1 Å². The maximum absolute atomic E-state index is 13.8. The summed E-state index contributed by atoms with van der Waals surface area (Å²) in [7, 11) is -7.73. The van der Waals surface area contributed by atoms with Crippen LogP contribution in [0, 0.1) is 25.5 Å². The first-order chi connectivity index (χ1) is 31.1. The van der Waals surface area contributed by atoms with Gasteiger partial charge < -0.3 is 4.57 Å². The predicted molar refractivity (Wildman–Crippen MR) is 250 cm³/mol. The average molecular weight is 1060 g/mol. The van der Waals surface area contributed by atoms with Crippen LogP contribution in [0.15, 0.2) is 104 Å². The molecule has 3 aromatic heterocycles. The standard InChI is InChI=1S/C24H23F4N3O2S2.C21H20BrF4NO2S2/c1-17-19-6-2-3-7-22(19)34-23(17)31(15-18-8-9-21(25)20(14-18)24(26,27)28)35(32,33)13-5-4-11-30-12-10-29-16-30;1-14-16-6-2-3-7-19(16)30-20(14)27(31(28,29)11-5-4-10-22)13-15-8-9-18(23)17(12-15)21(24,25)26/h2-3,6-10,12,14,16H,4-5,11,13,15H2,1H3;2-3,6-9,12H,4-5,10-11,13H2,1H3. The summed E-state index contributed by atoms with van der Waals surface area (Å²) in [5.41, 5.74) is -1.24. The van der Waals surface area contributed by atoms with Gasteiger partial charge in [-0.3, -0.25) is 8.61 Å². The van der Waals surface area contributed by atoms with Crippen LogP contribution in [0.1, 0.15) is 59.1 Å². The largest absolute Gasteiger partial charge is 0.419 e. The summed E-state index contributed by atoms with van der Waals surface area (Å²) in [6, 6.07) is 20.0. The zero-order valence-electron chi connectivity index (χ0n) is 35.3. The van der Waals surface area contributed by atoms with Gasteiger partial charge in [0.05, 0.1) is 42.0 Å². The summed E-state index contributed by atoms with van der Waals surface area (Å²) in [6.45, 7) is 3.54. The Balaban J connectivity index is 0.000000220. The molecule has 0 aliphatic carbocycles. The molecule has 21 heteroatoms. The molecular weight excluding hydrogens is 1020 g/mol. The van der Waals surface area contributed by atoms with Crippen LogP contribution in [-0.4, -0.2) is 43.2 Å². The minimum atomic E-state index is -4.88. The molecule has 7 aromatic rings. The Kier molecular flexibility index (Phi) is 16.3. The van der Waals surface area contributed by atoms with Gasteiger partial charge in [-0.15, -0.1) is 22.7 Å². The lowest BCUT2D eigenvalue weighted by molar-refractivity contribution is -0.140. The molecule has 0 atom stereocenters. The number of fused-ring (bicyclic) bond motifs is 2. The second kappa shape index (κ2) is 21.2. The minimum Gasteiger partial charge on any atom is -0.337 e. The van der Waals surface area contributed by atoms with Crippen molar-refractivity contribution in [3.8, 4) is 0 Å². The van der Waals surface area contributed by atoms with Crippen molar-refractivity contribution in [3.63, 3.8) is 0 Å². The molecule has 354 valence electrons. The second-order valence-corrected chi connectivity index (χ2v) is 22.1. The molecule has 7 rings (SSSR count). The highest BCUT2D eigenvalue weighted by molar-refractivity contribution is 9.09. The van der Waals surface area contributed by atoms with E-state index in [0.717, 1.165) is 52.0 Å². The van der Waals surface area contributed by atoms with Gasteiger partial charge in [0.1, 0.15) is 21.6 Å². The molecule has 0 bridgehead atoms. The van der Waals surface area contributed by atoms with E-state index in [-0.39, 0.29) is 35.7 Å². The first kappa shape index (κ1) is 50.8. The van der Waals surface area contributed by atoms with Gasteiger partial charge in [0.25, 0.3) is 0 Å². The van der Waals surface area contributed by atoms with E-state index in [9.17, 15) is 52.0 Å². The fourth-order valence-corrected chi connectivity index (χ4v) is 13.7. The number of thiophene rings is 2. The number of sulfonamides is 2. The zero-order chi connectivity index (χ0) is 48.0. The van der Waals surface area contributed by atoms with Gasteiger partial charge >= 0.3 is 12.4 Å². The van der Waals surface area contributed by atoms with Crippen LogP contribution < -0.4 is 8.61 Å². The van der Waals surface area contributed by atoms with E-state index in [2.05, 4.69) is 20.9 Å². The Hall–Kier alpha value is -4.57. The fourth-order valence-electron chi connectivity index (χ4n) is 7.10. The van der Waals surface area contributed by atoms with Crippen molar-refractivity contribution >= 4 is 88.8 Å². The third-order valence-electron chi connectivity index (χ3n) is 10.5. The molecule has 0 fully saturated rings. The van der Waals surface area contributed by atoms with E-state index < -0.39 is 55.2 Å². The zero-order valence-corrected chi connectivity index (χ0v) is 40.2. The Morgan fingerprint density at radius 2 is 1.08 bits per heavy atom. The fraction of sp³-hybridized carbons (Fsp3) is 0.311. The summed E-state index contributed by atoms with van der Waals surface area (Å²) in [6.07, 6.45) is -2.68. The Bertz CT molecular complexity index is 2990. The van der Waals surface area contributed by atoms with Crippen LogP contribution in [0.25, 0.3) is 20.2 Å². The summed E-state index contributed by atoms with van der Waals surface area (Å²) >= 11 is 5.81. The molecule has 0 unspecified atom stereocenters. The van der Waals surface area contributed by atoms with Gasteiger partial charge in [0, 0.05) is 33.7 Å². The Morgan fingerprint density at radius 3 is 1.47 bits per heavy atom. The highest BCUT2D eigenvalue weighted by atomic mass is 79.9. The summed E-state index contributed by atoms with van der Waals surface area (Å²) in [5, 5.41) is 3.31. The smallest absolute Gasteiger partial charge is 0.337 e. The maximum Gasteiger partial charge on any atom is 0.419 e. The monoisotopic (exact) mass is 1060 g/mol. The molecule has 0 aliphatic rings. The van der Waals surface area contributed by atoms with Crippen molar-refractivity contribution in [3.05, 3.63) is 149 Å². The maximum atomic E-state index is 13.8. The Morgan fingerprint density at radius 1 is 0.636 bits per heavy atom. The third-order valence-corrected chi connectivity index (χ3v) is 17.5. The van der Waals surface area contributed by atoms with Crippen LogP contribution in [0.5, 0.6) is 0 Å². The lowest BCUT2D eigenvalue weighted by Gasteiger charge is -2.24. The molecule has 0 amide bonds. The van der Waals surface area contributed by atoms with Crippen molar-refractivity contribution in [1.29, 1.82) is 0 Å². The number of aromatic nitrogens is 2. The lowest BCUT2D eigenvalue weighted by atomic mass is 10.1. The molecule has 0 saturated carbocycles. The van der Waals surface area contributed by atoms with Crippen molar-refractivity contribution in [2.75, 3.05) is 25.4 Å². The lowest BCUT2D eigenvalue weighted by Crippen LogP contribution is -2.32. The first-order valence-corrected chi connectivity index (χ1v) is 26.3. The topological polar surface area (TPSA) is 92.6 Å². The number of aryl methyl sites for hydroxylation is 3. The molecule has 0 spiro atoms.